The van der Waals surface area contributed by atoms with Gasteiger partial charge in [-0.3, -0.25) is 14.4 Å². The van der Waals surface area contributed by atoms with Crippen molar-refractivity contribution in [1.29, 1.82) is 0 Å². The maximum Gasteiger partial charge on any atom is 0.326 e. The highest BCUT2D eigenvalue weighted by Gasteiger charge is 2.20. The summed E-state index contributed by atoms with van der Waals surface area (Å²) in [7, 11) is 0. The van der Waals surface area contributed by atoms with Gasteiger partial charge in [-0.1, -0.05) is 77.0 Å². The third kappa shape index (κ3) is 27.2. The van der Waals surface area contributed by atoms with Gasteiger partial charge in [0.2, 0.25) is 11.8 Å². The van der Waals surface area contributed by atoms with Crippen LogP contribution in [0.15, 0.2) is 0 Å². The van der Waals surface area contributed by atoms with E-state index in [9.17, 15) is 24.3 Å². The number of rotatable bonds is 29. The van der Waals surface area contributed by atoms with E-state index < -0.39 is 18.0 Å². The van der Waals surface area contributed by atoms with Crippen molar-refractivity contribution in [3.05, 3.63) is 0 Å². The van der Waals surface area contributed by atoms with Crippen molar-refractivity contribution in [2.24, 2.45) is 0 Å². The Morgan fingerprint density at radius 2 is 1.10 bits per heavy atom. The predicted octanol–water partition coefficient (Wildman–Crippen LogP) is 4.83. The van der Waals surface area contributed by atoms with Gasteiger partial charge in [-0.2, -0.15) is 0 Å². The van der Waals surface area contributed by atoms with Crippen LogP contribution in [0.3, 0.4) is 0 Å². The predicted molar refractivity (Wildman–Crippen MR) is 151 cm³/mol. The van der Waals surface area contributed by atoms with Gasteiger partial charge in [0.15, 0.2) is 0 Å². The molecule has 0 saturated carbocycles. The molecule has 0 saturated heterocycles. The summed E-state index contributed by atoms with van der Waals surface area (Å²) in [5.74, 6) is -2.39. The number of amides is 2. The molecule has 0 unspecified atom stereocenters. The van der Waals surface area contributed by atoms with E-state index in [1.165, 1.54) is 44.9 Å². The summed E-state index contributed by atoms with van der Waals surface area (Å²) >= 11 is 0. The van der Waals surface area contributed by atoms with Gasteiger partial charge < -0.3 is 30.3 Å². The highest BCUT2D eigenvalue weighted by Crippen LogP contribution is 2.14. The zero-order valence-electron chi connectivity index (χ0n) is 24.2. The van der Waals surface area contributed by atoms with Crippen molar-refractivity contribution in [3.8, 4) is 0 Å². The molecule has 39 heavy (non-hydrogen) atoms. The Hall–Kier alpha value is -2.20. The van der Waals surface area contributed by atoms with Crippen LogP contribution in [0.1, 0.15) is 122 Å². The summed E-state index contributed by atoms with van der Waals surface area (Å²) < 4.78 is 10.5. The fourth-order valence-corrected chi connectivity index (χ4v) is 4.20. The van der Waals surface area contributed by atoms with Crippen LogP contribution in [-0.2, 0) is 28.7 Å². The maximum atomic E-state index is 12.2. The summed E-state index contributed by atoms with van der Waals surface area (Å²) in [5, 5.41) is 23.2. The SMILES string of the molecule is CCOCCOCCNC(=O)CC[C@H](NC(=O)CCCCCCCCCCCCCCCCC(=O)O)C(=O)O. The van der Waals surface area contributed by atoms with Crippen molar-refractivity contribution in [3.63, 3.8) is 0 Å². The number of hydrogen-bond donors (Lipinski definition) is 4. The highest BCUT2D eigenvalue weighted by atomic mass is 16.5. The van der Waals surface area contributed by atoms with E-state index in [0.717, 1.165) is 44.9 Å². The molecule has 1 atom stereocenters. The average molecular weight is 559 g/mol. The van der Waals surface area contributed by atoms with Gasteiger partial charge in [-0.15, -0.1) is 0 Å². The van der Waals surface area contributed by atoms with Gasteiger partial charge >= 0.3 is 11.9 Å². The number of nitrogens with one attached hydrogen (secondary N) is 2. The second kappa shape index (κ2) is 27.4. The topological polar surface area (TPSA) is 151 Å². The first kappa shape index (κ1) is 36.8. The van der Waals surface area contributed by atoms with Crippen molar-refractivity contribution in [1.82, 2.24) is 10.6 Å². The Kier molecular flexibility index (Phi) is 25.8. The van der Waals surface area contributed by atoms with Crippen LogP contribution in [0.5, 0.6) is 0 Å². The van der Waals surface area contributed by atoms with Gasteiger partial charge in [0, 0.05) is 32.4 Å². The molecule has 0 fully saturated rings. The first-order valence-corrected chi connectivity index (χ1v) is 15.0. The minimum Gasteiger partial charge on any atom is -0.481 e. The fraction of sp³-hybridized carbons (Fsp3) is 0.862. The zero-order valence-corrected chi connectivity index (χ0v) is 24.2. The molecule has 2 amide bonds. The van der Waals surface area contributed by atoms with E-state index in [1.807, 2.05) is 6.92 Å². The van der Waals surface area contributed by atoms with Crippen molar-refractivity contribution in [2.75, 3.05) is 33.0 Å². The molecule has 228 valence electrons. The monoisotopic (exact) mass is 558 g/mol. The van der Waals surface area contributed by atoms with E-state index >= 15 is 0 Å². The molecule has 0 aromatic carbocycles. The largest absolute Gasteiger partial charge is 0.481 e. The molecular formula is C29H54N2O8. The summed E-state index contributed by atoms with van der Waals surface area (Å²) in [6.45, 7) is 4.20. The molecule has 0 aliphatic carbocycles. The van der Waals surface area contributed by atoms with Gasteiger partial charge in [-0.05, 0) is 26.2 Å². The van der Waals surface area contributed by atoms with Gasteiger partial charge in [0.1, 0.15) is 6.04 Å². The quantitative estimate of drug-likeness (QED) is 0.0953. The van der Waals surface area contributed by atoms with E-state index in [0.29, 0.717) is 39.4 Å². The number of unbranched alkanes of at least 4 members (excludes halogenated alkanes) is 13. The molecular weight excluding hydrogens is 504 g/mol. The molecule has 0 rings (SSSR count). The molecule has 4 N–H and O–H groups in total. The normalized spacial score (nSPS) is 11.7. The standard InChI is InChI=1S/C29H54N2O8/c1-2-38-23-24-39-22-21-30-26(32)20-19-25(29(36)37)31-27(33)17-15-13-11-9-7-5-3-4-6-8-10-12-14-16-18-28(34)35/h25H,2-24H2,1H3,(H,30,32)(H,31,33)(H,34,35)(H,36,37)/t25-/m0/s1. The number of carbonyl (C=O) groups is 4. The summed E-state index contributed by atoms with van der Waals surface area (Å²) in [4.78, 5) is 46.0. The van der Waals surface area contributed by atoms with Crippen LogP contribution in [0, 0.1) is 0 Å². The molecule has 0 aliphatic rings. The Balaban J connectivity index is 3.63. The average Bonchev–Trinajstić information content (AvgIpc) is 2.89. The molecule has 0 radical (unpaired) electrons. The van der Waals surface area contributed by atoms with Gasteiger partial charge in [0.05, 0.1) is 19.8 Å². The number of ether oxygens (including phenoxy) is 2. The Morgan fingerprint density at radius 1 is 0.615 bits per heavy atom. The number of carboxylic acids is 2. The molecule has 10 heteroatoms. The van der Waals surface area contributed by atoms with Crippen molar-refractivity contribution < 1.29 is 38.9 Å². The highest BCUT2D eigenvalue weighted by molar-refractivity contribution is 5.84. The second-order valence-electron chi connectivity index (χ2n) is 10.00. The Labute approximate surface area is 235 Å². The molecule has 0 bridgehead atoms. The minimum absolute atomic E-state index is 0.0186. The Bertz CT molecular complexity index is 645. The molecule has 0 heterocycles. The third-order valence-electron chi connectivity index (χ3n) is 6.48. The first-order valence-electron chi connectivity index (χ1n) is 15.0. The van der Waals surface area contributed by atoms with Gasteiger partial charge in [-0.25, -0.2) is 4.79 Å². The fourth-order valence-electron chi connectivity index (χ4n) is 4.20. The van der Waals surface area contributed by atoms with E-state index in [1.54, 1.807) is 0 Å². The van der Waals surface area contributed by atoms with Crippen LogP contribution in [0.4, 0.5) is 0 Å². The van der Waals surface area contributed by atoms with E-state index in [4.69, 9.17) is 14.6 Å². The zero-order chi connectivity index (χ0) is 29.0. The van der Waals surface area contributed by atoms with Crippen LogP contribution in [0.2, 0.25) is 0 Å². The number of hydrogen-bond acceptors (Lipinski definition) is 6. The van der Waals surface area contributed by atoms with Crippen LogP contribution in [0.25, 0.3) is 0 Å². The number of carboxylic acid groups (broad SMARTS) is 2. The number of aliphatic carboxylic acids is 2. The van der Waals surface area contributed by atoms with E-state index in [-0.39, 0.29) is 31.1 Å². The lowest BCUT2D eigenvalue weighted by Gasteiger charge is -2.14. The number of carbonyl (C=O) groups excluding carboxylic acids is 2. The lowest BCUT2D eigenvalue weighted by molar-refractivity contribution is -0.142. The van der Waals surface area contributed by atoms with E-state index in [2.05, 4.69) is 10.6 Å². The smallest absolute Gasteiger partial charge is 0.326 e. The molecule has 0 aromatic rings. The van der Waals surface area contributed by atoms with Crippen molar-refractivity contribution >= 4 is 23.8 Å². The molecule has 10 nitrogen and oxygen atoms in total. The van der Waals surface area contributed by atoms with Crippen molar-refractivity contribution in [2.45, 2.75) is 129 Å². The Morgan fingerprint density at radius 3 is 1.59 bits per heavy atom. The molecule has 0 spiro atoms. The van der Waals surface area contributed by atoms with Crippen LogP contribution in [-0.4, -0.2) is 73.0 Å². The summed E-state index contributed by atoms with van der Waals surface area (Å²) in [5.41, 5.74) is 0. The summed E-state index contributed by atoms with van der Waals surface area (Å²) in [6.07, 6.45) is 16.1. The lowest BCUT2D eigenvalue weighted by atomic mass is 10.0. The first-order chi connectivity index (χ1) is 18.9. The second-order valence-corrected chi connectivity index (χ2v) is 10.00. The minimum atomic E-state index is -1.13. The van der Waals surface area contributed by atoms with Crippen LogP contribution < -0.4 is 10.6 Å². The molecule has 0 aliphatic heterocycles. The van der Waals surface area contributed by atoms with Crippen LogP contribution >= 0.6 is 0 Å². The molecule has 0 aromatic heterocycles. The van der Waals surface area contributed by atoms with Gasteiger partial charge in [0.25, 0.3) is 0 Å². The third-order valence-corrected chi connectivity index (χ3v) is 6.48. The maximum absolute atomic E-state index is 12.2. The lowest BCUT2D eigenvalue weighted by Crippen LogP contribution is -2.41. The summed E-state index contributed by atoms with van der Waals surface area (Å²) in [6, 6.07) is -1.07.